The predicted molar refractivity (Wildman–Crippen MR) is 81.3 cm³/mol. The summed E-state index contributed by atoms with van der Waals surface area (Å²) in [7, 11) is 4.19. The first-order chi connectivity index (χ1) is 8.60. The number of hydrogen-bond donors (Lipinski definition) is 1. The van der Waals surface area contributed by atoms with Crippen molar-refractivity contribution in [2.45, 2.75) is 39.7 Å². The fourth-order valence-electron chi connectivity index (χ4n) is 2.18. The lowest BCUT2D eigenvalue weighted by Crippen LogP contribution is -2.27. The SMILES string of the molecule is CCCNC(c1cccc(N(C)C)c1)C(C)CC. The second-order valence-corrected chi connectivity index (χ2v) is 5.31. The first kappa shape index (κ1) is 15.0. The van der Waals surface area contributed by atoms with Gasteiger partial charge >= 0.3 is 0 Å². The summed E-state index contributed by atoms with van der Waals surface area (Å²) in [4.78, 5) is 2.16. The van der Waals surface area contributed by atoms with Gasteiger partial charge in [-0.15, -0.1) is 0 Å². The average Bonchev–Trinajstić information content (AvgIpc) is 2.39. The molecule has 2 heteroatoms. The van der Waals surface area contributed by atoms with Crippen LogP contribution in [0.5, 0.6) is 0 Å². The molecule has 0 radical (unpaired) electrons. The Morgan fingerprint density at radius 3 is 2.50 bits per heavy atom. The van der Waals surface area contributed by atoms with Crippen LogP contribution < -0.4 is 10.2 Å². The van der Waals surface area contributed by atoms with Gasteiger partial charge < -0.3 is 10.2 Å². The molecule has 0 aliphatic carbocycles. The molecular formula is C16H28N2. The largest absolute Gasteiger partial charge is 0.378 e. The van der Waals surface area contributed by atoms with Gasteiger partial charge in [0.15, 0.2) is 0 Å². The number of nitrogens with zero attached hydrogens (tertiary/aromatic N) is 1. The Labute approximate surface area is 112 Å². The molecule has 2 unspecified atom stereocenters. The highest BCUT2D eigenvalue weighted by Gasteiger charge is 2.17. The third-order valence-electron chi connectivity index (χ3n) is 3.57. The van der Waals surface area contributed by atoms with Crippen molar-refractivity contribution < 1.29 is 0 Å². The zero-order valence-corrected chi connectivity index (χ0v) is 12.5. The number of hydrogen-bond acceptors (Lipinski definition) is 2. The van der Waals surface area contributed by atoms with Crippen molar-refractivity contribution in [2.24, 2.45) is 5.92 Å². The second-order valence-electron chi connectivity index (χ2n) is 5.31. The summed E-state index contributed by atoms with van der Waals surface area (Å²) in [6, 6.07) is 9.34. The lowest BCUT2D eigenvalue weighted by molar-refractivity contribution is 0.377. The highest BCUT2D eigenvalue weighted by Crippen LogP contribution is 2.27. The highest BCUT2D eigenvalue weighted by molar-refractivity contribution is 5.47. The molecule has 18 heavy (non-hydrogen) atoms. The van der Waals surface area contributed by atoms with Gasteiger partial charge in [-0.1, -0.05) is 39.3 Å². The summed E-state index contributed by atoms with van der Waals surface area (Å²) < 4.78 is 0. The summed E-state index contributed by atoms with van der Waals surface area (Å²) in [6.07, 6.45) is 2.38. The molecule has 0 bridgehead atoms. The van der Waals surface area contributed by atoms with Crippen LogP contribution in [-0.2, 0) is 0 Å². The van der Waals surface area contributed by atoms with Gasteiger partial charge in [-0.05, 0) is 36.6 Å². The van der Waals surface area contributed by atoms with Crippen molar-refractivity contribution in [1.82, 2.24) is 5.32 Å². The van der Waals surface area contributed by atoms with Crippen LogP contribution in [-0.4, -0.2) is 20.6 Å². The molecule has 1 aromatic carbocycles. The van der Waals surface area contributed by atoms with Gasteiger partial charge in [-0.3, -0.25) is 0 Å². The lowest BCUT2D eigenvalue weighted by atomic mass is 9.92. The molecule has 0 amide bonds. The Morgan fingerprint density at radius 1 is 1.22 bits per heavy atom. The van der Waals surface area contributed by atoms with Gasteiger partial charge in [0.1, 0.15) is 0 Å². The van der Waals surface area contributed by atoms with Crippen LogP contribution >= 0.6 is 0 Å². The van der Waals surface area contributed by atoms with E-state index in [-0.39, 0.29) is 0 Å². The topological polar surface area (TPSA) is 15.3 Å². The number of anilines is 1. The zero-order chi connectivity index (χ0) is 13.5. The van der Waals surface area contributed by atoms with Crippen LogP contribution in [0.3, 0.4) is 0 Å². The first-order valence-corrected chi connectivity index (χ1v) is 7.10. The van der Waals surface area contributed by atoms with E-state index in [0.29, 0.717) is 12.0 Å². The number of benzene rings is 1. The van der Waals surface area contributed by atoms with E-state index in [4.69, 9.17) is 0 Å². The van der Waals surface area contributed by atoms with Crippen molar-refractivity contribution in [3.05, 3.63) is 29.8 Å². The first-order valence-electron chi connectivity index (χ1n) is 7.10. The molecule has 1 rings (SSSR count). The summed E-state index contributed by atoms with van der Waals surface area (Å²) in [6.45, 7) is 7.90. The molecule has 0 saturated heterocycles. The van der Waals surface area contributed by atoms with Crippen LogP contribution in [0.15, 0.2) is 24.3 Å². The minimum atomic E-state index is 0.467. The maximum atomic E-state index is 3.68. The molecule has 0 aliphatic heterocycles. The van der Waals surface area contributed by atoms with Crippen LogP contribution in [0.25, 0.3) is 0 Å². The third kappa shape index (κ3) is 4.02. The van der Waals surface area contributed by atoms with E-state index in [1.807, 2.05) is 0 Å². The Balaban J connectivity index is 2.93. The van der Waals surface area contributed by atoms with Crippen molar-refractivity contribution in [3.63, 3.8) is 0 Å². The summed E-state index contributed by atoms with van der Waals surface area (Å²) in [5.41, 5.74) is 2.68. The average molecular weight is 248 g/mol. The fourth-order valence-corrected chi connectivity index (χ4v) is 2.18. The van der Waals surface area contributed by atoms with E-state index >= 15 is 0 Å². The Kier molecular flexibility index (Phi) is 6.20. The fraction of sp³-hybridized carbons (Fsp3) is 0.625. The molecule has 0 saturated carbocycles. The normalized spacial score (nSPS) is 14.3. The molecule has 0 aromatic heterocycles. The molecule has 102 valence electrons. The van der Waals surface area contributed by atoms with Crippen molar-refractivity contribution in [3.8, 4) is 0 Å². The van der Waals surface area contributed by atoms with E-state index < -0.39 is 0 Å². The second kappa shape index (κ2) is 7.42. The molecule has 2 atom stereocenters. The van der Waals surface area contributed by atoms with E-state index in [9.17, 15) is 0 Å². The van der Waals surface area contributed by atoms with Crippen molar-refractivity contribution >= 4 is 5.69 Å². The molecule has 0 aliphatic rings. The zero-order valence-electron chi connectivity index (χ0n) is 12.5. The van der Waals surface area contributed by atoms with Crippen LogP contribution in [0, 0.1) is 5.92 Å². The van der Waals surface area contributed by atoms with Crippen LogP contribution in [0.1, 0.15) is 45.2 Å². The summed E-state index contributed by atoms with van der Waals surface area (Å²) in [5.74, 6) is 0.661. The summed E-state index contributed by atoms with van der Waals surface area (Å²) in [5, 5.41) is 3.68. The van der Waals surface area contributed by atoms with Gasteiger partial charge in [0.05, 0.1) is 0 Å². The lowest BCUT2D eigenvalue weighted by Gasteiger charge is -2.26. The van der Waals surface area contributed by atoms with E-state index in [1.54, 1.807) is 0 Å². The molecular weight excluding hydrogens is 220 g/mol. The Bertz CT molecular complexity index is 347. The monoisotopic (exact) mass is 248 g/mol. The van der Waals surface area contributed by atoms with Gasteiger partial charge in [-0.25, -0.2) is 0 Å². The molecule has 0 spiro atoms. The van der Waals surface area contributed by atoms with E-state index in [2.05, 4.69) is 69.3 Å². The molecule has 1 aromatic rings. The van der Waals surface area contributed by atoms with Gasteiger partial charge in [-0.2, -0.15) is 0 Å². The van der Waals surface area contributed by atoms with Crippen molar-refractivity contribution in [1.29, 1.82) is 0 Å². The summed E-state index contributed by atoms with van der Waals surface area (Å²) >= 11 is 0. The van der Waals surface area contributed by atoms with Crippen LogP contribution in [0.4, 0.5) is 5.69 Å². The van der Waals surface area contributed by atoms with Gasteiger partial charge in [0, 0.05) is 25.8 Å². The minimum absolute atomic E-state index is 0.467. The van der Waals surface area contributed by atoms with Gasteiger partial charge in [0.25, 0.3) is 0 Å². The highest BCUT2D eigenvalue weighted by atomic mass is 15.1. The molecule has 1 N–H and O–H groups in total. The van der Waals surface area contributed by atoms with E-state index in [0.717, 1.165) is 6.54 Å². The maximum absolute atomic E-state index is 3.68. The third-order valence-corrected chi connectivity index (χ3v) is 3.57. The molecule has 2 nitrogen and oxygen atoms in total. The molecule has 0 fully saturated rings. The van der Waals surface area contributed by atoms with Gasteiger partial charge in [0.2, 0.25) is 0 Å². The van der Waals surface area contributed by atoms with Crippen LogP contribution in [0.2, 0.25) is 0 Å². The Morgan fingerprint density at radius 2 is 1.94 bits per heavy atom. The molecule has 0 heterocycles. The smallest absolute Gasteiger partial charge is 0.0364 e. The minimum Gasteiger partial charge on any atom is -0.378 e. The number of rotatable bonds is 7. The maximum Gasteiger partial charge on any atom is 0.0364 e. The van der Waals surface area contributed by atoms with E-state index in [1.165, 1.54) is 24.1 Å². The standard InChI is InChI=1S/C16H28N2/c1-6-11-17-16(13(3)7-2)14-9-8-10-15(12-14)18(4)5/h8-10,12-13,16-17H,6-7,11H2,1-5H3. The quantitative estimate of drug-likeness (QED) is 0.788. The predicted octanol–water partition coefficient (Wildman–Crippen LogP) is 3.84. The number of nitrogens with one attached hydrogen (secondary N) is 1. The Hall–Kier alpha value is -1.02. The van der Waals surface area contributed by atoms with Crippen molar-refractivity contribution in [2.75, 3.05) is 25.5 Å².